The number of halogens is 3. The third kappa shape index (κ3) is 11.8. The van der Waals surface area contributed by atoms with Crippen LogP contribution in [-0.2, 0) is 28.9 Å². The molecule has 200 valence electrons. The Hall–Kier alpha value is -2.96. The van der Waals surface area contributed by atoms with Crippen molar-refractivity contribution >= 4 is 17.5 Å². The third-order valence-electron chi connectivity index (χ3n) is 5.57. The molecule has 0 saturated heterocycles. The fraction of sp³-hybridized carbons (Fsp3) is 0.367. The van der Waals surface area contributed by atoms with Gasteiger partial charge in [0.05, 0.1) is 0 Å². The van der Waals surface area contributed by atoms with E-state index in [1.54, 1.807) is 24.3 Å². The zero-order valence-corrected chi connectivity index (χ0v) is 22.6. The smallest absolute Gasteiger partial charge is 0.258 e. The van der Waals surface area contributed by atoms with E-state index in [-0.39, 0.29) is 18.6 Å². The zero-order chi connectivity index (χ0) is 27.0. The molecule has 1 amide bonds. The van der Waals surface area contributed by atoms with E-state index in [2.05, 4.69) is 35.8 Å². The first-order valence-electron chi connectivity index (χ1n) is 12.8. The summed E-state index contributed by atoms with van der Waals surface area (Å²) in [7, 11) is 0. The number of rotatable bonds is 12. The number of ether oxygens (including phenoxy) is 1. The quantitative estimate of drug-likeness (QED) is 0.299. The highest BCUT2D eigenvalue weighted by molar-refractivity contribution is 6.29. The highest BCUT2D eigenvalue weighted by Gasteiger charge is 2.16. The third-order valence-corrected chi connectivity index (χ3v) is 5.83. The average Bonchev–Trinajstić information content (AvgIpc) is 3.09. The van der Waals surface area contributed by atoms with E-state index in [1.807, 2.05) is 19.9 Å². The molecule has 0 saturated carbocycles. The second kappa shape index (κ2) is 16.7. The lowest BCUT2D eigenvalue weighted by molar-refractivity contribution is -0.125. The van der Waals surface area contributed by atoms with Gasteiger partial charge in [0.2, 0.25) is 0 Å². The number of carbonyl (C=O) groups excluding carboxylic acids is 1. The Morgan fingerprint density at radius 2 is 1.73 bits per heavy atom. The number of benzene rings is 2. The molecular formula is C30H37ClF2N2O2. The molecule has 0 unspecified atom stereocenters. The van der Waals surface area contributed by atoms with Gasteiger partial charge in [-0.25, -0.2) is 8.78 Å². The second-order valence-electron chi connectivity index (χ2n) is 8.48. The van der Waals surface area contributed by atoms with Crippen LogP contribution in [0.4, 0.5) is 8.78 Å². The van der Waals surface area contributed by atoms with E-state index in [0.717, 1.165) is 12.5 Å². The molecular weight excluding hydrogens is 494 g/mol. The Morgan fingerprint density at radius 3 is 2.46 bits per heavy atom. The summed E-state index contributed by atoms with van der Waals surface area (Å²) in [5.74, 6) is -0.993. The Labute approximate surface area is 224 Å². The molecule has 2 N–H and O–H groups in total. The first-order chi connectivity index (χ1) is 17.9. The highest BCUT2D eigenvalue weighted by atomic mass is 35.5. The molecule has 0 heterocycles. The molecule has 0 fully saturated rings. The predicted octanol–water partition coefficient (Wildman–Crippen LogP) is 6.74. The summed E-state index contributed by atoms with van der Waals surface area (Å²) in [5, 5.41) is 6.96. The Balaban J connectivity index is 0.00000235. The second-order valence-corrected chi connectivity index (χ2v) is 8.97. The molecule has 0 aromatic heterocycles. The molecule has 3 rings (SSSR count). The van der Waals surface area contributed by atoms with Crippen molar-refractivity contribution in [3.05, 3.63) is 106 Å². The van der Waals surface area contributed by atoms with Crippen molar-refractivity contribution in [2.24, 2.45) is 0 Å². The van der Waals surface area contributed by atoms with Crippen LogP contribution < -0.4 is 10.6 Å². The molecule has 0 aliphatic heterocycles. The van der Waals surface area contributed by atoms with E-state index >= 15 is 0 Å². The van der Waals surface area contributed by atoms with Crippen molar-refractivity contribution in [3.8, 4) is 0 Å². The molecule has 1 aliphatic carbocycles. The molecule has 1 atom stereocenters. The SMILES string of the molecule is CC.CCc1cccc(CNCC[C@H](Cc2cc(F)cc(F)c2)NC(=O)COC2=CC=CC=C(Cl)C2)c1. The summed E-state index contributed by atoms with van der Waals surface area (Å²) in [4.78, 5) is 12.6. The van der Waals surface area contributed by atoms with Gasteiger partial charge in [0.1, 0.15) is 17.4 Å². The van der Waals surface area contributed by atoms with Gasteiger partial charge in [0.15, 0.2) is 6.61 Å². The lowest BCUT2D eigenvalue weighted by Crippen LogP contribution is -2.40. The molecule has 2 aromatic carbocycles. The number of aryl methyl sites for hydroxylation is 1. The van der Waals surface area contributed by atoms with Crippen LogP contribution in [0.2, 0.25) is 0 Å². The van der Waals surface area contributed by atoms with Gasteiger partial charge in [-0.3, -0.25) is 4.79 Å². The van der Waals surface area contributed by atoms with Crippen molar-refractivity contribution in [1.82, 2.24) is 10.6 Å². The monoisotopic (exact) mass is 530 g/mol. The van der Waals surface area contributed by atoms with Gasteiger partial charge in [-0.2, -0.15) is 0 Å². The lowest BCUT2D eigenvalue weighted by Gasteiger charge is -2.20. The van der Waals surface area contributed by atoms with E-state index < -0.39 is 11.6 Å². The first-order valence-corrected chi connectivity index (χ1v) is 13.2. The van der Waals surface area contributed by atoms with Crippen LogP contribution in [-0.4, -0.2) is 25.1 Å². The van der Waals surface area contributed by atoms with Crippen LogP contribution in [0.15, 0.2) is 77.6 Å². The van der Waals surface area contributed by atoms with Crippen molar-refractivity contribution in [3.63, 3.8) is 0 Å². The van der Waals surface area contributed by atoms with E-state index in [1.165, 1.54) is 23.3 Å². The first kappa shape index (κ1) is 30.3. The number of hydrogen-bond donors (Lipinski definition) is 2. The molecule has 1 aliphatic rings. The number of amides is 1. The minimum absolute atomic E-state index is 0.172. The lowest BCUT2D eigenvalue weighted by atomic mass is 10.0. The number of allylic oxidation sites excluding steroid dienone is 5. The van der Waals surface area contributed by atoms with Crippen molar-refractivity contribution < 1.29 is 18.3 Å². The van der Waals surface area contributed by atoms with Crippen LogP contribution >= 0.6 is 11.6 Å². The van der Waals surface area contributed by atoms with Crippen molar-refractivity contribution in [2.75, 3.05) is 13.2 Å². The normalized spacial score (nSPS) is 13.5. The predicted molar refractivity (Wildman–Crippen MR) is 147 cm³/mol. The molecule has 7 heteroatoms. The highest BCUT2D eigenvalue weighted by Crippen LogP contribution is 2.19. The minimum atomic E-state index is -0.638. The topological polar surface area (TPSA) is 50.4 Å². The standard InChI is InChI=1S/C28H31ClF2N2O2.C2H6/c1-2-20-6-5-7-21(12-20)18-32-11-10-26(15-22-13-24(30)17-25(31)14-22)33-28(34)19-35-27-9-4-3-8-23(29)16-27;1-2/h3-9,12-14,17,26,32H,2,10-11,15-16,18-19H2,1H3,(H,33,34);1-2H3/t26-;/m1./s1. The van der Waals surface area contributed by atoms with Crippen LogP contribution in [0.5, 0.6) is 0 Å². The van der Waals surface area contributed by atoms with E-state index in [0.29, 0.717) is 48.7 Å². The van der Waals surface area contributed by atoms with Gasteiger partial charge in [-0.1, -0.05) is 68.8 Å². The van der Waals surface area contributed by atoms with Crippen molar-refractivity contribution in [1.29, 1.82) is 0 Å². The fourth-order valence-corrected chi connectivity index (χ4v) is 4.05. The van der Waals surface area contributed by atoms with Gasteiger partial charge >= 0.3 is 0 Å². The maximum Gasteiger partial charge on any atom is 0.258 e. The summed E-state index contributed by atoms with van der Waals surface area (Å²) in [5.41, 5.74) is 2.94. The van der Waals surface area contributed by atoms with Crippen LogP contribution in [0, 0.1) is 11.6 Å². The van der Waals surface area contributed by atoms with E-state index in [4.69, 9.17) is 16.3 Å². The van der Waals surface area contributed by atoms with Gasteiger partial charge in [-0.15, -0.1) is 0 Å². The largest absolute Gasteiger partial charge is 0.488 e. The summed E-state index contributed by atoms with van der Waals surface area (Å²) < 4.78 is 33.0. The maximum absolute atomic E-state index is 13.7. The van der Waals surface area contributed by atoms with E-state index in [9.17, 15) is 13.6 Å². The number of carbonyl (C=O) groups is 1. The van der Waals surface area contributed by atoms with Crippen LogP contribution in [0.25, 0.3) is 0 Å². The Bertz CT molecular complexity index is 1080. The van der Waals surface area contributed by atoms with Crippen LogP contribution in [0.3, 0.4) is 0 Å². The Kier molecular flexibility index (Phi) is 13.7. The summed E-state index contributed by atoms with van der Waals surface area (Å²) in [6.07, 6.45) is 9.41. The van der Waals surface area contributed by atoms with Crippen molar-refractivity contribution in [2.45, 2.75) is 59.0 Å². The summed E-state index contributed by atoms with van der Waals surface area (Å²) in [6.45, 7) is 7.26. The fourth-order valence-electron chi connectivity index (χ4n) is 3.84. The molecule has 2 aromatic rings. The van der Waals surface area contributed by atoms with Gasteiger partial charge in [0.25, 0.3) is 5.91 Å². The molecule has 37 heavy (non-hydrogen) atoms. The Morgan fingerprint density at radius 1 is 1.03 bits per heavy atom. The van der Waals surface area contributed by atoms with Gasteiger partial charge < -0.3 is 15.4 Å². The van der Waals surface area contributed by atoms with Crippen LogP contribution in [0.1, 0.15) is 50.3 Å². The summed E-state index contributed by atoms with van der Waals surface area (Å²) >= 11 is 6.08. The molecule has 0 radical (unpaired) electrons. The zero-order valence-electron chi connectivity index (χ0n) is 21.8. The summed E-state index contributed by atoms with van der Waals surface area (Å²) in [6, 6.07) is 11.5. The van der Waals surface area contributed by atoms with Gasteiger partial charge in [0, 0.05) is 30.1 Å². The van der Waals surface area contributed by atoms with Gasteiger partial charge in [-0.05, 0) is 66.8 Å². The molecule has 4 nitrogen and oxygen atoms in total. The number of hydrogen-bond acceptors (Lipinski definition) is 3. The molecule has 0 bridgehead atoms. The maximum atomic E-state index is 13.7. The minimum Gasteiger partial charge on any atom is -0.488 e. The number of nitrogens with one attached hydrogen (secondary N) is 2. The molecule has 0 spiro atoms. The average molecular weight is 531 g/mol.